The maximum absolute atomic E-state index is 13.3. The molecule has 7 heteroatoms. The number of phenolic OH excluding ortho intramolecular Hbond substituents is 1. The Bertz CT molecular complexity index is 999. The first-order valence-electron chi connectivity index (χ1n) is 8.31. The molecule has 2 N–H and O–H groups in total. The molecular formula is C20H15FN2O3S. The number of thioether (sulfide) groups is 1. The van der Waals surface area contributed by atoms with Crippen molar-refractivity contribution in [2.24, 2.45) is 0 Å². The standard InChI is InChI=1S/C20H15FN2O3S/c21-14-6-4-13(5-7-14)20(26)11-27-19-17(10-22)16(9-18(25)23(19)20)12-2-1-3-15(24)8-12/h1-8,16,24,26H,9,11H2/t16-,20+/m1/s1. The van der Waals surface area contributed by atoms with E-state index in [0.29, 0.717) is 21.7 Å². The van der Waals surface area contributed by atoms with Crippen molar-refractivity contribution in [1.82, 2.24) is 4.90 Å². The largest absolute Gasteiger partial charge is 0.508 e. The SMILES string of the molecule is N#CC1=C2SC[C@](O)(c3ccc(F)cc3)N2C(=O)C[C@@H]1c1cccc(O)c1. The lowest BCUT2D eigenvalue weighted by Gasteiger charge is -2.38. The van der Waals surface area contributed by atoms with E-state index in [-0.39, 0.29) is 23.8 Å². The van der Waals surface area contributed by atoms with E-state index in [1.54, 1.807) is 12.1 Å². The van der Waals surface area contributed by atoms with E-state index in [9.17, 15) is 24.7 Å². The molecule has 2 aromatic carbocycles. The van der Waals surface area contributed by atoms with Crippen LogP contribution in [0.25, 0.3) is 0 Å². The van der Waals surface area contributed by atoms with Gasteiger partial charge in [0.2, 0.25) is 5.91 Å². The van der Waals surface area contributed by atoms with Crippen LogP contribution >= 0.6 is 11.8 Å². The number of phenols is 1. The van der Waals surface area contributed by atoms with Crippen LogP contribution in [-0.4, -0.2) is 26.8 Å². The van der Waals surface area contributed by atoms with Gasteiger partial charge in [0.15, 0.2) is 5.72 Å². The second kappa shape index (κ2) is 6.41. The highest BCUT2D eigenvalue weighted by Gasteiger charge is 2.51. The summed E-state index contributed by atoms with van der Waals surface area (Å²) in [5.74, 6) is -1.03. The number of nitrogens with zero attached hydrogens (tertiary/aromatic N) is 2. The molecule has 0 unspecified atom stereocenters. The lowest BCUT2D eigenvalue weighted by atomic mass is 9.85. The van der Waals surface area contributed by atoms with Crippen LogP contribution in [0.1, 0.15) is 23.5 Å². The Hall–Kier alpha value is -2.82. The average Bonchev–Trinajstić information content (AvgIpc) is 3.01. The lowest BCUT2D eigenvalue weighted by Crippen LogP contribution is -2.48. The molecule has 0 aromatic heterocycles. The number of hydrogen-bond acceptors (Lipinski definition) is 5. The maximum Gasteiger partial charge on any atom is 0.231 e. The zero-order valence-corrected chi connectivity index (χ0v) is 14.9. The van der Waals surface area contributed by atoms with Crippen LogP contribution in [0, 0.1) is 17.1 Å². The molecule has 0 bridgehead atoms. The van der Waals surface area contributed by atoms with Crippen LogP contribution in [0.15, 0.2) is 59.1 Å². The molecule has 2 aliphatic heterocycles. The fraction of sp³-hybridized carbons (Fsp3) is 0.200. The Labute approximate surface area is 159 Å². The lowest BCUT2D eigenvalue weighted by molar-refractivity contribution is -0.149. The van der Waals surface area contributed by atoms with Crippen molar-refractivity contribution in [2.75, 3.05) is 5.75 Å². The Balaban J connectivity index is 1.81. The third kappa shape index (κ3) is 2.78. The van der Waals surface area contributed by atoms with Gasteiger partial charge in [0.25, 0.3) is 0 Å². The summed E-state index contributed by atoms with van der Waals surface area (Å²) in [5.41, 5.74) is -0.183. The van der Waals surface area contributed by atoms with Gasteiger partial charge in [-0.15, -0.1) is 11.8 Å². The van der Waals surface area contributed by atoms with Crippen molar-refractivity contribution in [1.29, 1.82) is 5.26 Å². The second-order valence-electron chi connectivity index (χ2n) is 6.52. The fourth-order valence-electron chi connectivity index (χ4n) is 3.58. The number of aliphatic hydroxyl groups is 1. The van der Waals surface area contributed by atoms with Gasteiger partial charge < -0.3 is 10.2 Å². The Morgan fingerprint density at radius 2 is 2.00 bits per heavy atom. The first-order chi connectivity index (χ1) is 12.9. The summed E-state index contributed by atoms with van der Waals surface area (Å²) in [5, 5.41) is 31.1. The van der Waals surface area contributed by atoms with Crippen molar-refractivity contribution < 1.29 is 19.4 Å². The number of amides is 1. The van der Waals surface area contributed by atoms with E-state index >= 15 is 0 Å². The zero-order chi connectivity index (χ0) is 19.2. The van der Waals surface area contributed by atoms with E-state index in [4.69, 9.17) is 0 Å². The summed E-state index contributed by atoms with van der Waals surface area (Å²) in [6, 6.07) is 14.0. The number of carbonyl (C=O) groups excluding carboxylic acids is 1. The Morgan fingerprint density at radius 1 is 1.26 bits per heavy atom. The summed E-state index contributed by atoms with van der Waals surface area (Å²) < 4.78 is 13.3. The molecule has 1 fully saturated rings. The molecule has 2 heterocycles. The molecule has 1 saturated heterocycles. The first-order valence-corrected chi connectivity index (χ1v) is 9.30. The number of carbonyl (C=O) groups is 1. The van der Waals surface area contributed by atoms with E-state index in [2.05, 4.69) is 6.07 Å². The predicted octanol–water partition coefficient (Wildman–Crippen LogP) is 3.17. The van der Waals surface area contributed by atoms with E-state index < -0.39 is 17.5 Å². The molecule has 27 heavy (non-hydrogen) atoms. The fourth-order valence-corrected chi connectivity index (χ4v) is 4.94. The van der Waals surface area contributed by atoms with Crippen LogP contribution in [0.5, 0.6) is 5.75 Å². The smallest absolute Gasteiger partial charge is 0.231 e. The highest BCUT2D eigenvalue weighted by molar-refractivity contribution is 8.03. The summed E-state index contributed by atoms with van der Waals surface area (Å²) >= 11 is 1.23. The van der Waals surface area contributed by atoms with Gasteiger partial charge in [-0.2, -0.15) is 5.26 Å². The molecule has 2 atom stereocenters. The van der Waals surface area contributed by atoms with Crippen molar-refractivity contribution in [3.63, 3.8) is 0 Å². The number of benzene rings is 2. The van der Waals surface area contributed by atoms with Gasteiger partial charge in [-0.3, -0.25) is 9.69 Å². The predicted molar refractivity (Wildman–Crippen MR) is 97.7 cm³/mol. The molecule has 136 valence electrons. The molecule has 5 nitrogen and oxygen atoms in total. The highest BCUT2D eigenvalue weighted by atomic mass is 32.2. The van der Waals surface area contributed by atoms with Crippen LogP contribution in [-0.2, 0) is 10.5 Å². The molecule has 0 saturated carbocycles. The number of allylic oxidation sites excluding steroid dienone is 1. The van der Waals surface area contributed by atoms with Gasteiger partial charge in [0.1, 0.15) is 11.6 Å². The molecule has 0 spiro atoms. The monoisotopic (exact) mass is 382 g/mol. The van der Waals surface area contributed by atoms with E-state index in [1.165, 1.54) is 53.1 Å². The molecule has 1 amide bonds. The number of halogens is 1. The summed E-state index contributed by atoms with van der Waals surface area (Å²) in [7, 11) is 0. The number of nitriles is 1. The van der Waals surface area contributed by atoms with Crippen LogP contribution in [0.3, 0.4) is 0 Å². The van der Waals surface area contributed by atoms with Crippen LogP contribution in [0.2, 0.25) is 0 Å². The van der Waals surface area contributed by atoms with Gasteiger partial charge in [0.05, 0.1) is 22.4 Å². The number of hydrogen-bond donors (Lipinski definition) is 2. The first kappa shape index (κ1) is 17.6. The molecular weight excluding hydrogens is 367 g/mol. The van der Waals surface area contributed by atoms with Crippen molar-refractivity contribution in [2.45, 2.75) is 18.1 Å². The van der Waals surface area contributed by atoms with E-state index in [1.807, 2.05) is 0 Å². The molecule has 0 radical (unpaired) electrons. The summed E-state index contributed by atoms with van der Waals surface area (Å²) in [4.78, 5) is 14.2. The zero-order valence-electron chi connectivity index (χ0n) is 14.1. The van der Waals surface area contributed by atoms with Crippen molar-refractivity contribution in [3.05, 3.63) is 76.1 Å². The Morgan fingerprint density at radius 3 is 2.67 bits per heavy atom. The van der Waals surface area contributed by atoms with Gasteiger partial charge in [0, 0.05) is 17.9 Å². The Kier molecular flexibility index (Phi) is 4.17. The minimum Gasteiger partial charge on any atom is -0.508 e. The second-order valence-corrected chi connectivity index (χ2v) is 7.49. The van der Waals surface area contributed by atoms with Crippen molar-refractivity contribution >= 4 is 17.7 Å². The van der Waals surface area contributed by atoms with Gasteiger partial charge >= 0.3 is 0 Å². The highest BCUT2D eigenvalue weighted by Crippen LogP contribution is 2.51. The number of fused-ring (bicyclic) bond motifs is 1. The summed E-state index contributed by atoms with van der Waals surface area (Å²) in [6.45, 7) is 0. The molecule has 0 aliphatic carbocycles. The van der Waals surface area contributed by atoms with Crippen molar-refractivity contribution in [3.8, 4) is 11.8 Å². The normalized spacial score (nSPS) is 24.7. The minimum atomic E-state index is -1.63. The maximum atomic E-state index is 13.3. The van der Waals surface area contributed by atoms with Crippen LogP contribution in [0.4, 0.5) is 4.39 Å². The number of aromatic hydroxyl groups is 1. The average molecular weight is 382 g/mol. The van der Waals surface area contributed by atoms with Gasteiger partial charge in [-0.1, -0.05) is 24.3 Å². The van der Waals surface area contributed by atoms with Gasteiger partial charge in [-0.05, 0) is 29.8 Å². The molecule has 2 aromatic rings. The van der Waals surface area contributed by atoms with E-state index in [0.717, 1.165) is 0 Å². The number of rotatable bonds is 2. The quantitative estimate of drug-likeness (QED) is 0.833. The molecule has 4 rings (SSSR count). The topological polar surface area (TPSA) is 84.6 Å². The minimum absolute atomic E-state index is 0.0000879. The summed E-state index contributed by atoms with van der Waals surface area (Å²) in [6.07, 6.45) is -0.0000879. The molecule has 2 aliphatic rings. The van der Waals surface area contributed by atoms with Gasteiger partial charge in [-0.25, -0.2) is 4.39 Å². The van der Waals surface area contributed by atoms with Crippen LogP contribution < -0.4 is 0 Å². The third-order valence-corrected chi connectivity index (χ3v) is 6.11. The third-order valence-electron chi connectivity index (χ3n) is 4.89.